The van der Waals surface area contributed by atoms with E-state index in [2.05, 4.69) is 16.8 Å². The van der Waals surface area contributed by atoms with Crippen LogP contribution in [0.5, 0.6) is 0 Å². The van der Waals surface area contributed by atoms with Crippen molar-refractivity contribution >= 4 is 22.8 Å². The van der Waals surface area contributed by atoms with E-state index in [1.165, 1.54) is 11.8 Å². The van der Waals surface area contributed by atoms with Crippen LogP contribution in [0.2, 0.25) is 0 Å². The summed E-state index contributed by atoms with van der Waals surface area (Å²) in [6, 6.07) is 0. The third-order valence-corrected chi connectivity index (χ3v) is 2.18. The molecule has 0 atom stereocenters. The normalized spacial score (nSPS) is 15.2. The summed E-state index contributed by atoms with van der Waals surface area (Å²) >= 11 is 1.48. The van der Waals surface area contributed by atoms with E-state index in [4.69, 9.17) is 0 Å². The highest BCUT2D eigenvalue weighted by molar-refractivity contribution is 8.13. The van der Waals surface area contributed by atoms with Crippen molar-refractivity contribution in [2.75, 3.05) is 19.3 Å². The summed E-state index contributed by atoms with van der Waals surface area (Å²) in [6.45, 7) is 3.03. The van der Waals surface area contributed by atoms with Gasteiger partial charge in [-0.3, -0.25) is 14.7 Å². The average Bonchev–Trinajstić information content (AvgIpc) is 2.51. The predicted molar refractivity (Wildman–Crippen MR) is 51.0 cm³/mol. The van der Waals surface area contributed by atoms with Crippen molar-refractivity contribution in [3.05, 3.63) is 0 Å². The van der Waals surface area contributed by atoms with Crippen LogP contribution in [0.3, 0.4) is 0 Å². The summed E-state index contributed by atoms with van der Waals surface area (Å²) in [5.74, 6) is 4.93. The molecule has 0 fully saturated rings. The van der Waals surface area contributed by atoms with E-state index >= 15 is 0 Å². The molecule has 0 radical (unpaired) electrons. The van der Waals surface area contributed by atoms with Crippen molar-refractivity contribution in [2.45, 2.75) is 6.92 Å². The first-order valence-electron chi connectivity index (χ1n) is 3.62. The fourth-order valence-electron chi connectivity index (χ4n) is 0.964. The quantitative estimate of drug-likeness (QED) is 0.513. The van der Waals surface area contributed by atoms with E-state index in [0.717, 1.165) is 5.17 Å². The molecule has 0 N–H and O–H groups in total. The Labute approximate surface area is 76.2 Å². The lowest BCUT2D eigenvalue weighted by Gasteiger charge is -2.12. The molecule has 1 amide bonds. The van der Waals surface area contributed by atoms with Crippen LogP contribution in [0.25, 0.3) is 0 Å². The highest BCUT2D eigenvalue weighted by Crippen LogP contribution is 2.10. The molecule has 0 aromatic rings. The zero-order valence-corrected chi connectivity index (χ0v) is 7.94. The number of hydrogen-bond donors (Lipinski definition) is 0. The van der Waals surface area contributed by atoms with Crippen LogP contribution in [0.15, 0.2) is 4.99 Å². The molecule has 1 aliphatic rings. The number of carbonyl (C=O) groups is 1. The third-order valence-electron chi connectivity index (χ3n) is 1.46. The second-order valence-corrected chi connectivity index (χ2v) is 2.97. The Bertz CT molecular complexity index is 275. The maximum Gasteiger partial charge on any atom is 0.304 e. The van der Waals surface area contributed by atoms with Crippen molar-refractivity contribution in [1.82, 2.24) is 4.90 Å². The van der Waals surface area contributed by atoms with Crippen LogP contribution in [0, 0.1) is 11.8 Å². The minimum atomic E-state index is -0.150. The molecule has 1 aliphatic heterocycles. The van der Waals surface area contributed by atoms with E-state index in [9.17, 15) is 4.79 Å². The van der Waals surface area contributed by atoms with Crippen molar-refractivity contribution in [3.8, 4) is 11.8 Å². The molecular formula is C8H10N2OS. The van der Waals surface area contributed by atoms with Crippen LogP contribution in [0.1, 0.15) is 6.92 Å². The highest BCUT2D eigenvalue weighted by atomic mass is 32.2. The van der Waals surface area contributed by atoms with Gasteiger partial charge < -0.3 is 0 Å². The van der Waals surface area contributed by atoms with Crippen molar-refractivity contribution < 1.29 is 4.79 Å². The Morgan fingerprint density at radius 3 is 3.08 bits per heavy atom. The number of amidine groups is 1. The third kappa shape index (κ3) is 1.80. The molecule has 0 aromatic heterocycles. The number of aliphatic imine (C=N–C) groups is 1. The lowest BCUT2D eigenvalue weighted by Crippen LogP contribution is -2.31. The van der Waals surface area contributed by atoms with Crippen LogP contribution in [0.4, 0.5) is 0 Å². The first-order valence-corrected chi connectivity index (χ1v) is 4.84. The van der Waals surface area contributed by atoms with Gasteiger partial charge in [0, 0.05) is 6.54 Å². The molecule has 0 spiro atoms. The van der Waals surface area contributed by atoms with Gasteiger partial charge in [-0.05, 0) is 19.1 Å². The van der Waals surface area contributed by atoms with Gasteiger partial charge in [-0.1, -0.05) is 17.7 Å². The van der Waals surface area contributed by atoms with Gasteiger partial charge in [0.2, 0.25) is 0 Å². The number of rotatable bonds is 0. The molecule has 0 saturated carbocycles. The summed E-state index contributed by atoms with van der Waals surface area (Å²) < 4.78 is 0. The van der Waals surface area contributed by atoms with Crippen molar-refractivity contribution in [2.24, 2.45) is 4.99 Å². The van der Waals surface area contributed by atoms with Crippen LogP contribution >= 0.6 is 11.8 Å². The molecule has 0 saturated heterocycles. The Balaban J connectivity index is 2.68. The molecule has 3 nitrogen and oxygen atoms in total. The number of nitrogens with zero attached hydrogens (tertiary/aromatic N) is 2. The Morgan fingerprint density at radius 1 is 1.75 bits per heavy atom. The summed E-state index contributed by atoms with van der Waals surface area (Å²) in [6.07, 6.45) is 1.91. The van der Waals surface area contributed by atoms with Gasteiger partial charge in [-0.25, -0.2) is 0 Å². The van der Waals surface area contributed by atoms with E-state index in [-0.39, 0.29) is 5.91 Å². The number of amides is 1. The van der Waals surface area contributed by atoms with Gasteiger partial charge in [-0.2, -0.15) is 0 Å². The van der Waals surface area contributed by atoms with Crippen molar-refractivity contribution in [3.63, 3.8) is 0 Å². The monoisotopic (exact) mass is 182 g/mol. The molecule has 64 valence electrons. The van der Waals surface area contributed by atoms with Crippen LogP contribution in [-0.4, -0.2) is 35.3 Å². The molecular weight excluding hydrogens is 172 g/mol. The molecule has 0 aromatic carbocycles. The fraction of sp³-hybridized carbons (Fsp3) is 0.500. The molecule has 12 heavy (non-hydrogen) atoms. The fourth-order valence-corrected chi connectivity index (χ4v) is 1.58. The maximum atomic E-state index is 11.3. The summed E-state index contributed by atoms with van der Waals surface area (Å²) in [5, 5.41) is 0.780. The Morgan fingerprint density at radius 2 is 2.50 bits per heavy atom. The highest BCUT2D eigenvalue weighted by Gasteiger charge is 2.20. The molecule has 0 bridgehead atoms. The number of hydrogen-bond acceptors (Lipinski definition) is 3. The van der Waals surface area contributed by atoms with E-state index in [1.807, 2.05) is 6.26 Å². The molecule has 1 rings (SSSR count). The maximum absolute atomic E-state index is 11.3. The molecule has 0 aliphatic carbocycles. The average molecular weight is 182 g/mol. The molecule has 0 unspecified atom stereocenters. The Hall–Kier alpha value is -0.950. The first-order chi connectivity index (χ1) is 5.79. The van der Waals surface area contributed by atoms with Gasteiger partial charge in [0.05, 0.1) is 6.54 Å². The standard InChI is InChI=1S/C8H10N2OS/c1-3-4-7(11)10-6-5-9-8(10)12-2/h5-6H2,1-2H3. The lowest BCUT2D eigenvalue weighted by molar-refractivity contribution is -0.121. The van der Waals surface area contributed by atoms with E-state index in [1.54, 1.807) is 11.8 Å². The minimum Gasteiger partial charge on any atom is -0.279 e. The SMILES string of the molecule is CC#CC(=O)N1CCN=C1SC. The van der Waals surface area contributed by atoms with Gasteiger partial charge in [0.1, 0.15) is 0 Å². The number of carbonyl (C=O) groups excluding carboxylic acids is 1. The summed E-state index contributed by atoms with van der Waals surface area (Å²) in [4.78, 5) is 17.0. The van der Waals surface area contributed by atoms with Crippen LogP contribution < -0.4 is 0 Å². The summed E-state index contributed by atoms with van der Waals surface area (Å²) in [7, 11) is 0. The van der Waals surface area contributed by atoms with Gasteiger partial charge in [0.15, 0.2) is 5.17 Å². The zero-order chi connectivity index (χ0) is 8.97. The van der Waals surface area contributed by atoms with E-state index < -0.39 is 0 Å². The molecule has 4 heteroatoms. The Kier molecular flexibility index (Phi) is 3.18. The first kappa shape index (κ1) is 9.14. The van der Waals surface area contributed by atoms with Gasteiger partial charge >= 0.3 is 5.91 Å². The van der Waals surface area contributed by atoms with E-state index in [0.29, 0.717) is 13.1 Å². The summed E-state index contributed by atoms with van der Waals surface area (Å²) in [5.41, 5.74) is 0. The lowest BCUT2D eigenvalue weighted by atomic mass is 10.5. The smallest absolute Gasteiger partial charge is 0.279 e. The largest absolute Gasteiger partial charge is 0.304 e. The van der Waals surface area contributed by atoms with Gasteiger partial charge in [0.25, 0.3) is 0 Å². The number of thioether (sulfide) groups is 1. The zero-order valence-electron chi connectivity index (χ0n) is 7.13. The van der Waals surface area contributed by atoms with Crippen LogP contribution in [-0.2, 0) is 4.79 Å². The molecule has 1 heterocycles. The predicted octanol–water partition coefficient (Wildman–Crippen LogP) is 0.571. The second kappa shape index (κ2) is 4.17. The minimum absolute atomic E-state index is 0.150. The van der Waals surface area contributed by atoms with Crippen molar-refractivity contribution in [1.29, 1.82) is 0 Å². The second-order valence-electron chi connectivity index (χ2n) is 2.20. The topological polar surface area (TPSA) is 32.7 Å². The van der Waals surface area contributed by atoms with Gasteiger partial charge in [-0.15, -0.1) is 0 Å².